The highest BCUT2D eigenvalue weighted by Gasteiger charge is 2.07. The number of anilines is 1. The molecule has 3 nitrogen and oxygen atoms in total. The van der Waals surface area contributed by atoms with Gasteiger partial charge in [0.1, 0.15) is 5.75 Å². The fourth-order valence-corrected chi connectivity index (χ4v) is 2.17. The molecule has 0 heterocycles. The fourth-order valence-electron chi connectivity index (χ4n) is 1.43. The second-order valence-corrected chi connectivity index (χ2v) is 4.73. The Bertz CT molecular complexity index is 535. The topological polar surface area (TPSA) is 52.3 Å². The maximum absolute atomic E-state index is 12.0. The lowest BCUT2D eigenvalue weighted by molar-refractivity contribution is 0.108. The van der Waals surface area contributed by atoms with Crippen LogP contribution in [0.3, 0.4) is 0 Å². The van der Waals surface area contributed by atoms with Crippen molar-refractivity contribution in [3.05, 3.63) is 54.1 Å². The first-order valence-electron chi connectivity index (χ1n) is 5.41. The fraction of sp³-hybridized carbons (Fsp3) is 0.0714. The summed E-state index contributed by atoms with van der Waals surface area (Å²) in [6.45, 7) is 0. The van der Waals surface area contributed by atoms with Crippen molar-refractivity contribution in [2.75, 3.05) is 12.8 Å². The largest absolute Gasteiger partial charge is 0.497 e. The van der Waals surface area contributed by atoms with E-state index in [-0.39, 0.29) is 5.12 Å². The zero-order valence-electron chi connectivity index (χ0n) is 9.92. The van der Waals surface area contributed by atoms with E-state index in [1.165, 1.54) is 11.8 Å². The minimum atomic E-state index is 0.000154. The highest BCUT2D eigenvalue weighted by Crippen LogP contribution is 2.25. The third-order valence-electron chi connectivity index (χ3n) is 2.42. The third kappa shape index (κ3) is 3.05. The smallest absolute Gasteiger partial charge is 0.224 e. The molecule has 0 aromatic heterocycles. The van der Waals surface area contributed by atoms with Gasteiger partial charge < -0.3 is 10.5 Å². The number of rotatable bonds is 3. The molecule has 2 rings (SSSR count). The van der Waals surface area contributed by atoms with Crippen LogP contribution in [0.1, 0.15) is 10.4 Å². The molecule has 0 spiro atoms. The third-order valence-corrected chi connectivity index (χ3v) is 3.35. The number of nitrogens with two attached hydrogens (primary N) is 1. The van der Waals surface area contributed by atoms with Crippen LogP contribution in [0.2, 0.25) is 0 Å². The lowest BCUT2D eigenvalue weighted by Gasteiger charge is -2.03. The van der Waals surface area contributed by atoms with Crippen LogP contribution in [0.4, 0.5) is 5.69 Å². The van der Waals surface area contributed by atoms with E-state index >= 15 is 0 Å². The number of thioether (sulfide) groups is 1. The van der Waals surface area contributed by atoms with Gasteiger partial charge in [-0.1, -0.05) is 0 Å². The number of benzene rings is 2. The van der Waals surface area contributed by atoms with Gasteiger partial charge in [0.2, 0.25) is 5.12 Å². The molecule has 0 bridgehead atoms. The summed E-state index contributed by atoms with van der Waals surface area (Å²) in [4.78, 5) is 12.9. The molecule has 0 atom stereocenters. The Hall–Kier alpha value is -1.94. The minimum absolute atomic E-state index is 0.000154. The molecule has 0 fully saturated rings. The standard InChI is InChI=1S/C14H13NO2S/c1-17-12-6-8-13(9-7-12)18-14(16)10-2-4-11(15)5-3-10/h2-9H,15H2,1H3. The Morgan fingerprint density at radius 1 is 1.06 bits per heavy atom. The van der Waals surface area contributed by atoms with Crippen LogP contribution >= 0.6 is 11.8 Å². The van der Waals surface area contributed by atoms with Crippen LogP contribution in [0.25, 0.3) is 0 Å². The second kappa shape index (κ2) is 5.60. The van der Waals surface area contributed by atoms with Gasteiger partial charge in [-0.15, -0.1) is 0 Å². The van der Waals surface area contributed by atoms with Crippen molar-refractivity contribution in [2.45, 2.75) is 4.90 Å². The number of carbonyl (C=O) groups is 1. The SMILES string of the molecule is COc1ccc(SC(=O)c2ccc(N)cc2)cc1. The predicted octanol–water partition coefficient (Wildman–Crippen LogP) is 3.21. The quantitative estimate of drug-likeness (QED) is 0.679. The number of hydrogen-bond donors (Lipinski definition) is 1. The molecule has 0 aliphatic heterocycles. The summed E-state index contributed by atoms with van der Waals surface area (Å²) in [6.07, 6.45) is 0. The predicted molar refractivity (Wildman–Crippen MR) is 74.0 cm³/mol. The van der Waals surface area contributed by atoms with E-state index in [4.69, 9.17) is 10.5 Å². The summed E-state index contributed by atoms with van der Waals surface area (Å²) >= 11 is 1.19. The molecular weight excluding hydrogens is 246 g/mol. The Morgan fingerprint density at radius 3 is 2.22 bits per heavy atom. The van der Waals surface area contributed by atoms with Crippen LogP contribution in [-0.2, 0) is 0 Å². The Kier molecular flexibility index (Phi) is 3.89. The molecule has 0 saturated heterocycles. The summed E-state index contributed by atoms with van der Waals surface area (Å²) in [5.41, 5.74) is 6.88. The molecule has 2 aromatic rings. The maximum atomic E-state index is 12.0. The van der Waals surface area contributed by atoms with E-state index < -0.39 is 0 Å². The monoisotopic (exact) mass is 259 g/mol. The van der Waals surface area contributed by atoms with Crippen molar-refractivity contribution in [3.8, 4) is 5.75 Å². The van der Waals surface area contributed by atoms with Crippen LogP contribution < -0.4 is 10.5 Å². The normalized spacial score (nSPS) is 10.1. The number of carbonyl (C=O) groups excluding carboxylic acids is 1. The van der Waals surface area contributed by atoms with Crippen molar-refractivity contribution in [3.63, 3.8) is 0 Å². The van der Waals surface area contributed by atoms with Gasteiger partial charge in [0.15, 0.2) is 0 Å². The van der Waals surface area contributed by atoms with Crippen molar-refractivity contribution < 1.29 is 9.53 Å². The van der Waals surface area contributed by atoms with Crippen LogP contribution in [0, 0.1) is 0 Å². The average Bonchev–Trinajstić information content (AvgIpc) is 2.40. The van der Waals surface area contributed by atoms with Crippen LogP contribution in [0.15, 0.2) is 53.4 Å². The van der Waals surface area contributed by atoms with Gasteiger partial charge in [0, 0.05) is 16.1 Å². The van der Waals surface area contributed by atoms with Crippen molar-refractivity contribution in [1.29, 1.82) is 0 Å². The maximum Gasteiger partial charge on any atom is 0.224 e. The zero-order valence-corrected chi connectivity index (χ0v) is 10.7. The summed E-state index contributed by atoms with van der Waals surface area (Å²) in [5, 5.41) is 0.000154. The summed E-state index contributed by atoms with van der Waals surface area (Å²) < 4.78 is 5.06. The molecule has 0 radical (unpaired) electrons. The Morgan fingerprint density at radius 2 is 1.67 bits per heavy atom. The second-order valence-electron chi connectivity index (χ2n) is 3.69. The lowest BCUT2D eigenvalue weighted by atomic mass is 10.2. The van der Waals surface area contributed by atoms with Gasteiger partial charge in [-0.25, -0.2) is 0 Å². The van der Waals surface area contributed by atoms with E-state index in [1.54, 1.807) is 31.4 Å². The number of nitrogen functional groups attached to an aromatic ring is 1. The molecule has 0 aliphatic rings. The lowest BCUT2D eigenvalue weighted by Crippen LogP contribution is -1.94. The van der Waals surface area contributed by atoms with Gasteiger partial charge >= 0.3 is 0 Å². The zero-order chi connectivity index (χ0) is 13.0. The minimum Gasteiger partial charge on any atom is -0.497 e. The highest BCUT2D eigenvalue weighted by atomic mass is 32.2. The molecule has 18 heavy (non-hydrogen) atoms. The van der Waals surface area contributed by atoms with Crippen molar-refractivity contribution >= 4 is 22.6 Å². The van der Waals surface area contributed by atoms with Crippen LogP contribution in [-0.4, -0.2) is 12.2 Å². The molecule has 0 saturated carbocycles. The molecule has 92 valence electrons. The van der Waals surface area contributed by atoms with Crippen molar-refractivity contribution in [2.24, 2.45) is 0 Å². The first-order valence-corrected chi connectivity index (χ1v) is 6.22. The van der Waals surface area contributed by atoms with Gasteiger partial charge in [-0.3, -0.25) is 4.79 Å². The van der Waals surface area contributed by atoms with Gasteiger partial charge in [0.25, 0.3) is 0 Å². The molecule has 2 aromatic carbocycles. The van der Waals surface area contributed by atoms with Gasteiger partial charge in [-0.05, 0) is 60.3 Å². The van der Waals surface area contributed by atoms with E-state index in [0.717, 1.165) is 10.6 Å². The summed E-state index contributed by atoms with van der Waals surface area (Å²) in [5.74, 6) is 0.777. The van der Waals surface area contributed by atoms with E-state index in [1.807, 2.05) is 24.3 Å². The number of methoxy groups -OCH3 is 1. The molecule has 0 aliphatic carbocycles. The Balaban J connectivity index is 2.08. The number of ether oxygens (including phenoxy) is 1. The van der Waals surface area contributed by atoms with Crippen LogP contribution in [0.5, 0.6) is 5.75 Å². The van der Waals surface area contributed by atoms with E-state index in [9.17, 15) is 4.79 Å². The van der Waals surface area contributed by atoms with Gasteiger partial charge in [-0.2, -0.15) is 0 Å². The van der Waals surface area contributed by atoms with Gasteiger partial charge in [0.05, 0.1) is 7.11 Å². The summed E-state index contributed by atoms with van der Waals surface area (Å²) in [6, 6.07) is 14.3. The molecule has 0 amide bonds. The molecule has 2 N–H and O–H groups in total. The number of hydrogen-bond acceptors (Lipinski definition) is 4. The van der Waals surface area contributed by atoms with E-state index in [0.29, 0.717) is 11.3 Å². The molecular formula is C14H13NO2S. The first kappa shape index (κ1) is 12.5. The Labute approximate surface area is 110 Å². The average molecular weight is 259 g/mol. The first-order chi connectivity index (χ1) is 8.69. The van der Waals surface area contributed by atoms with Crippen molar-refractivity contribution in [1.82, 2.24) is 0 Å². The summed E-state index contributed by atoms with van der Waals surface area (Å²) in [7, 11) is 1.61. The highest BCUT2D eigenvalue weighted by molar-refractivity contribution is 8.14. The van der Waals surface area contributed by atoms with E-state index in [2.05, 4.69) is 0 Å². The molecule has 0 unspecified atom stereocenters. The molecule has 4 heteroatoms.